The second-order valence-electron chi connectivity index (χ2n) is 3.87. The highest BCUT2D eigenvalue weighted by Gasteiger charge is 2.07. The molecule has 0 saturated heterocycles. The fraction of sp³-hybridized carbons (Fsp3) is 0. The van der Waals surface area contributed by atoms with Gasteiger partial charge in [-0.05, 0) is 34.1 Å². The van der Waals surface area contributed by atoms with Crippen molar-refractivity contribution in [2.24, 2.45) is 0 Å². The summed E-state index contributed by atoms with van der Waals surface area (Å²) in [5.74, 6) is 0.223. The van der Waals surface area contributed by atoms with Crippen LogP contribution in [0.2, 0.25) is 0 Å². The molecule has 88 valence electrons. The molecule has 0 amide bonds. The molecule has 2 nitrogen and oxygen atoms in total. The third kappa shape index (κ3) is 1.99. The summed E-state index contributed by atoms with van der Waals surface area (Å²) in [4.78, 5) is 8.79. The van der Waals surface area contributed by atoms with Crippen molar-refractivity contribution in [3.05, 3.63) is 59.0 Å². The molecule has 4 heteroatoms. The van der Waals surface area contributed by atoms with Crippen LogP contribution in [0.15, 0.2) is 53.1 Å². The smallest absolute Gasteiger partial charge is 0.161 e. The number of fused-ring (bicyclic) bond motifs is 1. The van der Waals surface area contributed by atoms with Gasteiger partial charge < -0.3 is 0 Å². The van der Waals surface area contributed by atoms with E-state index in [1.807, 2.05) is 24.3 Å². The third-order valence-corrected chi connectivity index (χ3v) is 3.24. The standard InChI is InChI=1S/C14H8BrFN2/c15-13-11-6-1-2-7-12(11)17-14(18-13)9-4-3-5-10(16)8-9/h1-8H. The molecular formula is C14H8BrFN2. The first-order valence-electron chi connectivity index (χ1n) is 5.42. The molecule has 0 fully saturated rings. The van der Waals surface area contributed by atoms with E-state index in [0.29, 0.717) is 16.0 Å². The predicted molar refractivity (Wildman–Crippen MR) is 72.6 cm³/mol. The minimum atomic E-state index is -0.291. The van der Waals surface area contributed by atoms with Crippen LogP contribution in [-0.4, -0.2) is 9.97 Å². The number of rotatable bonds is 1. The Bertz CT molecular complexity index is 728. The predicted octanol–water partition coefficient (Wildman–Crippen LogP) is 4.20. The van der Waals surface area contributed by atoms with E-state index >= 15 is 0 Å². The zero-order chi connectivity index (χ0) is 12.5. The van der Waals surface area contributed by atoms with Crippen molar-refractivity contribution in [2.75, 3.05) is 0 Å². The van der Waals surface area contributed by atoms with Crippen LogP contribution in [0, 0.1) is 5.82 Å². The zero-order valence-corrected chi connectivity index (χ0v) is 10.9. The monoisotopic (exact) mass is 302 g/mol. The molecule has 2 aromatic carbocycles. The lowest BCUT2D eigenvalue weighted by Crippen LogP contribution is -1.92. The molecule has 0 unspecified atom stereocenters. The molecule has 0 atom stereocenters. The molecule has 0 aliphatic carbocycles. The highest BCUT2D eigenvalue weighted by molar-refractivity contribution is 9.10. The lowest BCUT2D eigenvalue weighted by molar-refractivity contribution is 0.628. The Kier molecular flexibility index (Phi) is 2.80. The van der Waals surface area contributed by atoms with Gasteiger partial charge in [0.25, 0.3) is 0 Å². The quantitative estimate of drug-likeness (QED) is 0.630. The van der Waals surface area contributed by atoms with Crippen molar-refractivity contribution >= 4 is 26.8 Å². The zero-order valence-electron chi connectivity index (χ0n) is 9.27. The Balaban J connectivity index is 2.24. The second kappa shape index (κ2) is 4.46. The average molecular weight is 303 g/mol. The molecule has 1 heterocycles. The van der Waals surface area contributed by atoms with Gasteiger partial charge in [-0.2, -0.15) is 0 Å². The SMILES string of the molecule is Fc1cccc(-c2nc(Br)c3ccccc3n2)c1. The molecule has 0 aliphatic rings. The summed E-state index contributed by atoms with van der Waals surface area (Å²) >= 11 is 3.42. The highest BCUT2D eigenvalue weighted by atomic mass is 79.9. The summed E-state index contributed by atoms with van der Waals surface area (Å²) < 4.78 is 13.9. The van der Waals surface area contributed by atoms with Gasteiger partial charge in [-0.15, -0.1) is 0 Å². The summed E-state index contributed by atoms with van der Waals surface area (Å²) in [6.07, 6.45) is 0. The Hall–Kier alpha value is -1.81. The van der Waals surface area contributed by atoms with Crippen molar-refractivity contribution in [2.45, 2.75) is 0 Å². The van der Waals surface area contributed by atoms with Gasteiger partial charge in [-0.3, -0.25) is 0 Å². The van der Waals surface area contributed by atoms with Gasteiger partial charge in [-0.1, -0.05) is 30.3 Å². The maximum atomic E-state index is 13.2. The first-order chi connectivity index (χ1) is 8.74. The number of hydrogen-bond acceptors (Lipinski definition) is 2. The molecule has 0 aliphatic heterocycles. The van der Waals surface area contributed by atoms with E-state index in [-0.39, 0.29) is 5.82 Å². The maximum Gasteiger partial charge on any atom is 0.161 e. The van der Waals surface area contributed by atoms with E-state index in [9.17, 15) is 4.39 Å². The molecule has 0 spiro atoms. The summed E-state index contributed by atoms with van der Waals surface area (Å²) in [5.41, 5.74) is 1.50. The number of benzene rings is 2. The largest absolute Gasteiger partial charge is 0.228 e. The summed E-state index contributed by atoms with van der Waals surface area (Å²) in [7, 11) is 0. The maximum absolute atomic E-state index is 13.2. The lowest BCUT2D eigenvalue weighted by Gasteiger charge is -2.04. The fourth-order valence-electron chi connectivity index (χ4n) is 1.79. The number of aromatic nitrogens is 2. The van der Waals surface area contributed by atoms with Gasteiger partial charge in [0.2, 0.25) is 0 Å². The van der Waals surface area contributed by atoms with E-state index < -0.39 is 0 Å². The number of nitrogens with zero attached hydrogens (tertiary/aromatic N) is 2. The van der Waals surface area contributed by atoms with Gasteiger partial charge in [0.15, 0.2) is 5.82 Å². The molecule has 0 radical (unpaired) electrons. The van der Waals surface area contributed by atoms with Crippen LogP contribution >= 0.6 is 15.9 Å². The topological polar surface area (TPSA) is 25.8 Å². The Morgan fingerprint density at radius 2 is 1.78 bits per heavy atom. The van der Waals surface area contributed by atoms with E-state index in [0.717, 1.165) is 10.9 Å². The van der Waals surface area contributed by atoms with E-state index in [1.54, 1.807) is 12.1 Å². The van der Waals surface area contributed by atoms with Crippen molar-refractivity contribution in [3.8, 4) is 11.4 Å². The van der Waals surface area contributed by atoms with Crippen LogP contribution in [0.3, 0.4) is 0 Å². The number of para-hydroxylation sites is 1. The summed E-state index contributed by atoms with van der Waals surface area (Å²) in [5, 5.41) is 0.942. The van der Waals surface area contributed by atoms with Crippen LogP contribution in [0.1, 0.15) is 0 Å². The number of halogens is 2. The molecular weight excluding hydrogens is 295 g/mol. The van der Waals surface area contributed by atoms with Crippen molar-refractivity contribution < 1.29 is 4.39 Å². The van der Waals surface area contributed by atoms with Gasteiger partial charge in [0.1, 0.15) is 10.4 Å². The fourth-order valence-corrected chi connectivity index (χ4v) is 2.30. The normalized spacial score (nSPS) is 10.8. The molecule has 3 rings (SSSR count). The Labute approximate surface area is 112 Å². The van der Waals surface area contributed by atoms with E-state index in [1.165, 1.54) is 12.1 Å². The van der Waals surface area contributed by atoms with Crippen molar-refractivity contribution in [1.82, 2.24) is 9.97 Å². The lowest BCUT2D eigenvalue weighted by atomic mass is 10.2. The molecule has 1 aromatic heterocycles. The van der Waals surface area contributed by atoms with Crippen molar-refractivity contribution in [3.63, 3.8) is 0 Å². The van der Waals surface area contributed by atoms with Crippen LogP contribution in [0.5, 0.6) is 0 Å². The third-order valence-electron chi connectivity index (χ3n) is 2.64. The van der Waals surface area contributed by atoms with E-state index in [2.05, 4.69) is 25.9 Å². The minimum Gasteiger partial charge on any atom is -0.228 e. The molecule has 0 bridgehead atoms. The first kappa shape index (κ1) is 11.3. The van der Waals surface area contributed by atoms with Crippen LogP contribution in [0.4, 0.5) is 4.39 Å². The van der Waals surface area contributed by atoms with Crippen LogP contribution in [0.25, 0.3) is 22.3 Å². The molecule has 0 saturated carbocycles. The number of hydrogen-bond donors (Lipinski definition) is 0. The van der Waals surface area contributed by atoms with Crippen LogP contribution < -0.4 is 0 Å². The molecule has 18 heavy (non-hydrogen) atoms. The minimum absolute atomic E-state index is 0.291. The van der Waals surface area contributed by atoms with Crippen LogP contribution in [-0.2, 0) is 0 Å². The van der Waals surface area contributed by atoms with Gasteiger partial charge in [0, 0.05) is 10.9 Å². The first-order valence-corrected chi connectivity index (χ1v) is 6.21. The molecule has 0 N–H and O–H groups in total. The van der Waals surface area contributed by atoms with Gasteiger partial charge in [-0.25, -0.2) is 14.4 Å². The van der Waals surface area contributed by atoms with Gasteiger partial charge in [0.05, 0.1) is 5.52 Å². The summed E-state index contributed by atoms with van der Waals surface area (Å²) in [6.45, 7) is 0. The Morgan fingerprint density at radius 1 is 0.944 bits per heavy atom. The Morgan fingerprint density at radius 3 is 2.61 bits per heavy atom. The molecule has 3 aromatic rings. The second-order valence-corrected chi connectivity index (χ2v) is 4.62. The van der Waals surface area contributed by atoms with Crippen molar-refractivity contribution in [1.29, 1.82) is 0 Å². The van der Waals surface area contributed by atoms with E-state index in [4.69, 9.17) is 0 Å². The van der Waals surface area contributed by atoms with Gasteiger partial charge >= 0.3 is 0 Å². The summed E-state index contributed by atoms with van der Waals surface area (Å²) in [6, 6.07) is 14.0. The highest BCUT2D eigenvalue weighted by Crippen LogP contribution is 2.25. The average Bonchev–Trinajstić information content (AvgIpc) is 2.39.